The molecule has 32 heavy (non-hydrogen) atoms. The predicted molar refractivity (Wildman–Crippen MR) is 123 cm³/mol. The summed E-state index contributed by atoms with van der Waals surface area (Å²) in [7, 11) is 0. The summed E-state index contributed by atoms with van der Waals surface area (Å²) < 4.78 is 0. The molecule has 3 aromatic heterocycles. The van der Waals surface area contributed by atoms with E-state index in [0.29, 0.717) is 18.1 Å². The number of anilines is 1. The molecular weight excluding hydrogens is 430 g/mol. The lowest BCUT2D eigenvalue weighted by atomic mass is 9.91. The van der Waals surface area contributed by atoms with Gasteiger partial charge in [0.05, 0.1) is 5.69 Å². The molecule has 4 amide bonds. The molecule has 0 bridgehead atoms. The van der Waals surface area contributed by atoms with Gasteiger partial charge in [0, 0.05) is 53.5 Å². The van der Waals surface area contributed by atoms with Gasteiger partial charge in [-0.3, -0.25) is 0 Å². The highest BCUT2D eigenvalue weighted by atomic mass is 35.5. The van der Waals surface area contributed by atoms with Crippen molar-refractivity contribution in [3.8, 4) is 11.3 Å². The van der Waals surface area contributed by atoms with Crippen molar-refractivity contribution in [2.24, 2.45) is 0 Å². The molecule has 0 atom stereocenters. The lowest BCUT2D eigenvalue weighted by Gasteiger charge is -2.30. The topological polar surface area (TPSA) is 115 Å². The van der Waals surface area contributed by atoms with E-state index in [-0.39, 0.29) is 24.1 Å². The number of pyridine rings is 2. The predicted octanol–water partition coefficient (Wildman–Crippen LogP) is 3.74. The quantitative estimate of drug-likeness (QED) is 0.480. The molecule has 9 nitrogen and oxygen atoms in total. The number of halogens is 1. The lowest BCUT2D eigenvalue weighted by Crippen LogP contribution is -2.47. The van der Waals surface area contributed by atoms with Crippen LogP contribution >= 0.6 is 11.6 Å². The molecule has 1 saturated carbocycles. The van der Waals surface area contributed by atoms with E-state index in [4.69, 9.17) is 16.6 Å². The van der Waals surface area contributed by atoms with Crippen molar-refractivity contribution in [1.29, 1.82) is 0 Å². The van der Waals surface area contributed by atoms with E-state index in [2.05, 4.69) is 25.9 Å². The minimum atomic E-state index is -0.327. The van der Waals surface area contributed by atoms with Crippen molar-refractivity contribution >= 4 is 40.5 Å². The monoisotopic (exact) mass is 453 g/mol. The van der Waals surface area contributed by atoms with Crippen LogP contribution in [0.2, 0.25) is 5.02 Å². The van der Waals surface area contributed by atoms with E-state index < -0.39 is 0 Å². The number of hydrogen-bond acceptors (Lipinski definition) is 5. The Morgan fingerprint density at radius 2 is 2.00 bits per heavy atom. The van der Waals surface area contributed by atoms with Crippen molar-refractivity contribution in [2.45, 2.75) is 37.8 Å². The zero-order valence-electron chi connectivity index (χ0n) is 17.4. The number of hydrogen-bond donors (Lipinski definition) is 4. The SMILES string of the molecule is O=C1NCCN1C(=O)NC1CCC(Nc2cc(Cl)cc(-c3c[nH]c4ncccc34)n2)CC1. The number of urea groups is 2. The zero-order chi connectivity index (χ0) is 22.1. The van der Waals surface area contributed by atoms with Crippen molar-refractivity contribution in [2.75, 3.05) is 18.4 Å². The fourth-order valence-electron chi connectivity index (χ4n) is 4.39. The third-order valence-electron chi connectivity index (χ3n) is 6.03. The average molecular weight is 454 g/mol. The first-order valence-electron chi connectivity index (χ1n) is 10.8. The molecule has 0 aromatic carbocycles. The van der Waals surface area contributed by atoms with E-state index in [0.717, 1.165) is 53.8 Å². The van der Waals surface area contributed by atoms with Gasteiger partial charge < -0.3 is 20.9 Å². The van der Waals surface area contributed by atoms with Crippen molar-refractivity contribution < 1.29 is 9.59 Å². The van der Waals surface area contributed by atoms with Gasteiger partial charge in [0.2, 0.25) is 0 Å². The maximum Gasteiger partial charge on any atom is 0.325 e. The summed E-state index contributed by atoms with van der Waals surface area (Å²) in [4.78, 5) is 37.4. The van der Waals surface area contributed by atoms with Crippen LogP contribution in [0.3, 0.4) is 0 Å². The fraction of sp³-hybridized carbons (Fsp3) is 0.364. The molecule has 4 N–H and O–H groups in total. The molecule has 1 saturated heterocycles. The Kier molecular flexibility index (Phi) is 5.57. The summed E-state index contributed by atoms with van der Waals surface area (Å²) in [6.45, 7) is 0.920. The molecule has 0 unspecified atom stereocenters. The van der Waals surface area contributed by atoms with Crippen LogP contribution in [0.4, 0.5) is 15.4 Å². The second-order valence-corrected chi connectivity index (χ2v) is 8.62. The Bertz CT molecular complexity index is 1160. The van der Waals surface area contributed by atoms with Crippen molar-refractivity contribution in [3.05, 3.63) is 41.7 Å². The Hall–Kier alpha value is -3.33. The number of nitrogens with zero attached hydrogens (tertiary/aromatic N) is 3. The van der Waals surface area contributed by atoms with Crippen molar-refractivity contribution in [1.82, 2.24) is 30.5 Å². The molecule has 4 heterocycles. The van der Waals surface area contributed by atoms with Crippen LogP contribution in [0.5, 0.6) is 0 Å². The first kappa shape index (κ1) is 20.6. The second-order valence-electron chi connectivity index (χ2n) is 8.18. The van der Waals surface area contributed by atoms with Gasteiger partial charge in [-0.25, -0.2) is 24.5 Å². The number of aromatic nitrogens is 3. The van der Waals surface area contributed by atoms with Crippen LogP contribution in [-0.2, 0) is 0 Å². The highest BCUT2D eigenvalue weighted by molar-refractivity contribution is 6.31. The third-order valence-corrected chi connectivity index (χ3v) is 6.24. The molecule has 1 aliphatic heterocycles. The standard InChI is InChI=1S/C22H24ClN7O2/c23-13-10-18(17-12-26-20-16(17)2-1-7-24-20)29-19(11-13)27-14-3-5-15(6-4-14)28-22(32)30-9-8-25-21(30)31/h1-2,7,10-12,14-15H,3-6,8-9H2,(H,24,26)(H,25,31)(H,27,29)(H,28,32). The summed E-state index contributed by atoms with van der Waals surface area (Å²) in [5.41, 5.74) is 2.55. The molecular formula is C22H24ClN7O2. The van der Waals surface area contributed by atoms with Crippen LogP contribution < -0.4 is 16.0 Å². The number of H-pyrrole nitrogens is 1. The third kappa shape index (κ3) is 4.20. The van der Waals surface area contributed by atoms with Gasteiger partial charge in [0.1, 0.15) is 11.5 Å². The van der Waals surface area contributed by atoms with Gasteiger partial charge in [0.15, 0.2) is 0 Å². The molecule has 1 aliphatic carbocycles. The van der Waals surface area contributed by atoms with E-state index in [1.54, 1.807) is 6.20 Å². The average Bonchev–Trinajstić information content (AvgIpc) is 3.41. The van der Waals surface area contributed by atoms with Crippen LogP contribution in [0.1, 0.15) is 25.7 Å². The summed E-state index contributed by atoms with van der Waals surface area (Å²) in [5.74, 6) is 0.729. The number of rotatable bonds is 4. The molecule has 166 valence electrons. The van der Waals surface area contributed by atoms with Gasteiger partial charge in [-0.2, -0.15) is 0 Å². The Labute approximate surface area is 189 Å². The van der Waals surface area contributed by atoms with Crippen LogP contribution in [0.15, 0.2) is 36.7 Å². The zero-order valence-corrected chi connectivity index (χ0v) is 18.2. The minimum absolute atomic E-state index is 0.0653. The molecule has 5 rings (SSSR count). The highest BCUT2D eigenvalue weighted by Crippen LogP contribution is 2.30. The van der Waals surface area contributed by atoms with E-state index in [1.807, 2.05) is 30.5 Å². The maximum atomic E-state index is 12.3. The van der Waals surface area contributed by atoms with Gasteiger partial charge in [0.25, 0.3) is 0 Å². The van der Waals surface area contributed by atoms with Crippen molar-refractivity contribution in [3.63, 3.8) is 0 Å². The van der Waals surface area contributed by atoms with E-state index >= 15 is 0 Å². The largest absolute Gasteiger partial charge is 0.367 e. The summed E-state index contributed by atoms with van der Waals surface area (Å²) >= 11 is 6.40. The Morgan fingerprint density at radius 1 is 1.19 bits per heavy atom. The first-order chi connectivity index (χ1) is 15.6. The number of amides is 4. The van der Waals surface area contributed by atoms with Gasteiger partial charge in [-0.05, 0) is 49.9 Å². The lowest BCUT2D eigenvalue weighted by molar-refractivity contribution is 0.193. The highest BCUT2D eigenvalue weighted by Gasteiger charge is 2.29. The summed E-state index contributed by atoms with van der Waals surface area (Å²) in [6.07, 6.45) is 7.09. The number of nitrogens with one attached hydrogen (secondary N) is 4. The fourth-order valence-corrected chi connectivity index (χ4v) is 4.59. The summed E-state index contributed by atoms with van der Waals surface area (Å²) in [6, 6.07) is 7.25. The molecule has 2 fully saturated rings. The van der Waals surface area contributed by atoms with Crippen LogP contribution in [-0.4, -0.2) is 57.1 Å². The Balaban J connectivity index is 1.22. The van der Waals surface area contributed by atoms with E-state index in [9.17, 15) is 9.59 Å². The number of carbonyl (C=O) groups excluding carboxylic acids is 2. The van der Waals surface area contributed by atoms with Crippen LogP contribution in [0.25, 0.3) is 22.3 Å². The maximum absolute atomic E-state index is 12.3. The summed E-state index contributed by atoms with van der Waals surface area (Å²) in [5, 5.41) is 10.7. The van der Waals surface area contributed by atoms with E-state index in [1.165, 1.54) is 4.90 Å². The first-order valence-corrected chi connectivity index (χ1v) is 11.2. The van der Waals surface area contributed by atoms with Gasteiger partial charge in [-0.15, -0.1) is 0 Å². The molecule has 0 spiro atoms. The smallest absolute Gasteiger partial charge is 0.325 e. The normalized spacial score (nSPS) is 20.9. The number of fused-ring (bicyclic) bond motifs is 1. The molecule has 0 radical (unpaired) electrons. The molecule has 10 heteroatoms. The minimum Gasteiger partial charge on any atom is -0.367 e. The molecule has 3 aromatic rings. The number of carbonyl (C=O) groups is 2. The number of imide groups is 1. The second kappa shape index (κ2) is 8.66. The Morgan fingerprint density at radius 3 is 2.78 bits per heavy atom. The van der Waals surface area contributed by atoms with Gasteiger partial charge >= 0.3 is 12.1 Å². The van der Waals surface area contributed by atoms with Crippen LogP contribution in [0, 0.1) is 0 Å². The number of aromatic amines is 1. The van der Waals surface area contributed by atoms with Gasteiger partial charge in [-0.1, -0.05) is 11.6 Å². The molecule has 2 aliphatic rings.